The van der Waals surface area contributed by atoms with E-state index >= 15 is 0 Å². The molecular weight excluding hydrogens is 374 g/mol. The molecule has 0 saturated carbocycles. The summed E-state index contributed by atoms with van der Waals surface area (Å²) in [7, 11) is 0. The highest BCUT2D eigenvalue weighted by Gasteiger charge is 2.26. The van der Waals surface area contributed by atoms with Crippen LogP contribution in [0.5, 0.6) is 0 Å². The van der Waals surface area contributed by atoms with Crippen molar-refractivity contribution in [1.82, 2.24) is 20.2 Å². The molecule has 0 bridgehead atoms. The number of carbonyl (C=O) groups is 1. The van der Waals surface area contributed by atoms with E-state index in [2.05, 4.69) is 56.3 Å². The lowest BCUT2D eigenvalue weighted by atomic mass is 9.96. The molecule has 160 valence electrons. The number of carbonyl (C=O) groups excluding carboxylic acids is 1. The SMILES string of the molecule is Cc1cccc(-c2cnc(N3CCC(C(=O)NCCN4CCCCC4)CC3)nc2)c1. The van der Waals surface area contributed by atoms with Gasteiger partial charge in [0.15, 0.2) is 0 Å². The highest BCUT2D eigenvalue weighted by molar-refractivity contribution is 5.79. The maximum Gasteiger partial charge on any atom is 0.225 e. The second-order valence-corrected chi connectivity index (χ2v) is 8.60. The number of aromatic nitrogens is 2. The van der Waals surface area contributed by atoms with E-state index in [1.807, 2.05) is 12.4 Å². The zero-order valence-corrected chi connectivity index (χ0v) is 18.0. The van der Waals surface area contributed by atoms with Crippen LogP contribution in [0.3, 0.4) is 0 Å². The maximum atomic E-state index is 12.5. The molecule has 2 aliphatic rings. The van der Waals surface area contributed by atoms with E-state index in [0.717, 1.165) is 56.1 Å². The van der Waals surface area contributed by atoms with Gasteiger partial charge in [-0.2, -0.15) is 0 Å². The van der Waals surface area contributed by atoms with Gasteiger partial charge >= 0.3 is 0 Å². The van der Waals surface area contributed by atoms with Crippen molar-refractivity contribution in [3.05, 3.63) is 42.2 Å². The zero-order valence-electron chi connectivity index (χ0n) is 18.0. The minimum absolute atomic E-state index is 0.106. The van der Waals surface area contributed by atoms with Gasteiger partial charge in [0.25, 0.3) is 0 Å². The van der Waals surface area contributed by atoms with Crippen molar-refractivity contribution in [1.29, 1.82) is 0 Å². The molecule has 3 heterocycles. The summed E-state index contributed by atoms with van der Waals surface area (Å²) in [6.45, 7) is 7.84. The molecule has 1 aromatic heterocycles. The van der Waals surface area contributed by atoms with Crippen LogP contribution in [0.15, 0.2) is 36.7 Å². The van der Waals surface area contributed by atoms with Crippen LogP contribution in [0.25, 0.3) is 11.1 Å². The summed E-state index contributed by atoms with van der Waals surface area (Å²) in [6, 6.07) is 8.38. The van der Waals surface area contributed by atoms with Crippen LogP contribution in [0.2, 0.25) is 0 Å². The molecule has 0 radical (unpaired) electrons. The minimum atomic E-state index is 0.106. The highest BCUT2D eigenvalue weighted by Crippen LogP contribution is 2.23. The molecule has 0 spiro atoms. The lowest BCUT2D eigenvalue weighted by Crippen LogP contribution is -2.43. The number of benzene rings is 1. The van der Waals surface area contributed by atoms with E-state index in [-0.39, 0.29) is 11.8 Å². The van der Waals surface area contributed by atoms with Crippen molar-refractivity contribution in [3.63, 3.8) is 0 Å². The predicted octanol–water partition coefficient (Wildman–Crippen LogP) is 3.27. The number of nitrogens with one attached hydrogen (secondary N) is 1. The Morgan fingerprint density at radius 3 is 2.47 bits per heavy atom. The first-order valence-corrected chi connectivity index (χ1v) is 11.3. The van der Waals surface area contributed by atoms with Gasteiger partial charge in [0.1, 0.15) is 0 Å². The van der Waals surface area contributed by atoms with Gasteiger partial charge in [-0.25, -0.2) is 9.97 Å². The fraction of sp³-hybridized carbons (Fsp3) is 0.542. The summed E-state index contributed by atoms with van der Waals surface area (Å²) >= 11 is 0. The van der Waals surface area contributed by atoms with E-state index in [1.165, 1.54) is 37.9 Å². The molecule has 30 heavy (non-hydrogen) atoms. The Kier molecular flexibility index (Phi) is 6.95. The van der Waals surface area contributed by atoms with Crippen LogP contribution < -0.4 is 10.2 Å². The smallest absolute Gasteiger partial charge is 0.225 e. The number of aryl methyl sites for hydroxylation is 1. The van der Waals surface area contributed by atoms with Crippen molar-refractivity contribution in [2.75, 3.05) is 44.2 Å². The topological polar surface area (TPSA) is 61.4 Å². The zero-order chi connectivity index (χ0) is 20.8. The van der Waals surface area contributed by atoms with Gasteiger partial charge in [-0.05, 0) is 51.3 Å². The van der Waals surface area contributed by atoms with Gasteiger partial charge in [0, 0.05) is 50.1 Å². The molecule has 2 fully saturated rings. The summed E-state index contributed by atoms with van der Waals surface area (Å²) in [5.41, 5.74) is 3.40. The van der Waals surface area contributed by atoms with Crippen LogP contribution in [-0.2, 0) is 4.79 Å². The lowest BCUT2D eigenvalue weighted by molar-refractivity contribution is -0.125. The Morgan fingerprint density at radius 1 is 1.03 bits per heavy atom. The van der Waals surface area contributed by atoms with Crippen molar-refractivity contribution >= 4 is 11.9 Å². The van der Waals surface area contributed by atoms with E-state index in [4.69, 9.17) is 0 Å². The van der Waals surface area contributed by atoms with E-state index in [9.17, 15) is 4.79 Å². The number of piperidine rings is 2. The highest BCUT2D eigenvalue weighted by atomic mass is 16.1. The van der Waals surface area contributed by atoms with Gasteiger partial charge in [-0.3, -0.25) is 4.79 Å². The number of amides is 1. The molecule has 1 aromatic carbocycles. The van der Waals surface area contributed by atoms with Crippen molar-refractivity contribution < 1.29 is 4.79 Å². The third-order valence-corrected chi connectivity index (χ3v) is 6.31. The second kappa shape index (κ2) is 10.0. The van der Waals surface area contributed by atoms with E-state index < -0.39 is 0 Å². The third kappa shape index (κ3) is 5.36. The summed E-state index contributed by atoms with van der Waals surface area (Å²) in [6.07, 6.45) is 9.45. The predicted molar refractivity (Wildman–Crippen MR) is 120 cm³/mol. The van der Waals surface area contributed by atoms with Crippen LogP contribution >= 0.6 is 0 Å². The molecular formula is C24H33N5O. The molecule has 4 rings (SSSR count). The van der Waals surface area contributed by atoms with Crippen molar-refractivity contribution in [3.8, 4) is 11.1 Å². The molecule has 1 N–H and O–H groups in total. The number of nitrogens with zero attached hydrogens (tertiary/aromatic N) is 4. The van der Waals surface area contributed by atoms with Crippen LogP contribution in [0, 0.1) is 12.8 Å². The first kappa shape index (κ1) is 20.8. The third-order valence-electron chi connectivity index (χ3n) is 6.31. The molecule has 6 nitrogen and oxygen atoms in total. The average Bonchev–Trinajstić information content (AvgIpc) is 2.80. The molecule has 0 aliphatic carbocycles. The van der Waals surface area contributed by atoms with E-state index in [0.29, 0.717) is 0 Å². The fourth-order valence-corrected chi connectivity index (χ4v) is 4.46. The van der Waals surface area contributed by atoms with Crippen LogP contribution in [0.1, 0.15) is 37.7 Å². The molecule has 2 saturated heterocycles. The average molecular weight is 408 g/mol. The molecule has 0 atom stereocenters. The quantitative estimate of drug-likeness (QED) is 0.796. The molecule has 2 aromatic rings. The largest absolute Gasteiger partial charge is 0.355 e. The molecule has 0 unspecified atom stereocenters. The number of hydrogen-bond donors (Lipinski definition) is 1. The first-order chi connectivity index (χ1) is 14.7. The molecule has 1 amide bonds. The van der Waals surface area contributed by atoms with E-state index in [1.54, 1.807) is 0 Å². The summed E-state index contributed by atoms with van der Waals surface area (Å²) in [5, 5.41) is 3.15. The Balaban J connectivity index is 1.23. The van der Waals surface area contributed by atoms with Gasteiger partial charge in [0.2, 0.25) is 11.9 Å². The Labute approximate surface area is 179 Å². The Morgan fingerprint density at radius 2 is 1.77 bits per heavy atom. The number of hydrogen-bond acceptors (Lipinski definition) is 5. The standard InChI is InChI=1S/C24H33N5O/c1-19-6-5-7-21(16-19)22-17-26-24(27-18-22)29-13-8-20(9-14-29)23(30)25-10-15-28-11-3-2-4-12-28/h5-7,16-18,20H,2-4,8-15H2,1H3,(H,25,30). The van der Waals surface area contributed by atoms with Crippen LogP contribution in [0.4, 0.5) is 5.95 Å². The normalized spacial score (nSPS) is 18.4. The van der Waals surface area contributed by atoms with Crippen LogP contribution in [-0.4, -0.2) is 60.0 Å². The number of anilines is 1. The first-order valence-electron chi connectivity index (χ1n) is 11.3. The summed E-state index contributed by atoms with van der Waals surface area (Å²) < 4.78 is 0. The Bertz CT molecular complexity index is 824. The van der Waals surface area contributed by atoms with Crippen molar-refractivity contribution in [2.45, 2.75) is 39.0 Å². The van der Waals surface area contributed by atoms with Crippen molar-refractivity contribution in [2.24, 2.45) is 5.92 Å². The monoisotopic (exact) mass is 407 g/mol. The molecule has 2 aliphatic heterocycles. The molecule has 6 heteroatoms. The second-order valence-electron chi connectivity index (χ2n) is 8.60. The summed E-state index contributed by atoms with van der Waals surface area (Å²) in [5.74, 6) is 1.08. The lowest BCUT2D eigenvalue weighted by Gasteiger charge is -2.31. The van der Waals surface area contributed by atoms with Gasteiger partial charge in [-0.1, -0.05) is 36.2 Å². The number of likely N-dealkylation sites (tertiary alicyclic amines) is 1. The minimum Gasteiger partial charge on any atom is -0.355 e. The van der Waals surface area contributed by atoms with Gasteiger partial charge in [-0.15, -0.1) is 0 Å². The maximum absolute atomic E-state index is 12.5. The van der Waals surface area contributed by atoms with Gasteiger partial charge < -0.3 is 15.1 Å². The van der Waals surface area contributed by atoms with Gasteiger partial charge in [0.05, 0.1) is 0 Å². The Hall–Kier alpha value is -2.47. The summed E-state index contributed by atoms with van der Waals surface area (Å²) in [4.78, 5) is 26.4. The number of rotatable bonds is 6. The fourth-order valence-electron chi connectivity index (χ4n) is 4.46.